The van der Waals surface area contributed by atoms with E-state index in [0.717, 1.165) is 76.2 Å². The van der Waals surface area contributed by atoms with Gasteiger partial charge in [0.15, 0.2) is 0 Å². The highest BCUT2D eigenvalue weighted by Gasteiger charge is 2.32. The molecule has 8 nitrogen and oxygen atoms in total. The van der Waals surface area contributed by atoms with Crippen LogP contribution in [0.1, 0.15) is 49.7 Å². The number of hydrogen-bond donors (Lipinski definition) is 1. The molecule has 37 heavy (non-hydrogen) atoms. The Labute approximate surface area is 215 Å². The van der Waals surface area contributed by atoms with Gasteiger partial charge in [-0.05, 0) is 69.4 Å². The third-order valence-electron chi connectivity index (χ3n) is 7.60. The fraction of sp³-hybridized carbons (Fsp3) is 0.379. The van der Waals surface area contributed by atoms with Gasteiger partial charge in [0.05, 0.1) is 45.3 Å². The van der Waals surface area contributed by atoms with Crippen LogP contribution in [0.25, 0.3) is 33.2 Å². The minimum Gasteiger partial charge on any atom is -0.386 e. The highest BCUT2D eigenvalue weighted by atomic mass is 16.5. The van der Waals surface area contributed by atoms with Gasteiger partial charge in [0.1, 0.15) is 0 Å². The van der Waals surface area contributed by atoms with Crippen molar-refractivity contribution in [2.75, 3.05) is 13.2 Å². The molecule has 0 amide bonds. The van der Waals surface area contributed by atoms with Gasteiger partial charge in [-0.1, -0.05) is 23.4 Å². The van der Waals surface area contributed by atoms with Gasteiger partial charge in [0, 0.05) is 43.6 Å². The molecule has 6 rings (SSSR count). The zero-order chi connectivity index (χ0) is 25.7. The molecule has 5 heterocycles. The summed E-state index contributed by atoms with van der Waals surface area (Å²) in [5.74, 6) is 0.344. The summed E-state index contributed by atoms with van der Waals surface area (Å²) in [6.45, 7) is 7.10. The Balaban J connectivity index is 1.69. The molecule has 1 atom stereocenters. The molecule has 4 aromatic heterocycles. The summed E-state index contributed by atoms with van der Waals surface area (Å²) in [6, 6.07) is 14.5. The van der Waals surface area contributed by atoms with Crippen molar-refractivity contribution in [1.29, 1.82) is 0 Å². The van der Waals surface area contributed by atoms with E-state index in [1.165, 1.54) is 0 Å². The first-order valence-corrected chi connectivity index (χ1v) is 12.8. The molecule has 1 aliphatic rings. The van der Waals surface area contributed by atoms with Crippen LogP contribution in [0.15, 0.2) is 54.9 Å². The Kier molecular flexibility index (Phi) is 5.81. The van der Waals surface area contributed by atoms with E-state index in [4.69, 9.17) is 14.7 Å². The monoisotopic (exact) mass is 496 g/mol. The quantitative estimate of drug-likeness (QED) is 0.371. The molecule has 8 heteroatoms. The van der Waals surface area contributed by atoms with E-state index in [9.17, 15) is 5.11 Å². The highest BCUT2D eigenvalue weighted by molar-refractivity contribution is 6.07. The van der Waals surface area contributed by atoms with Crippen molar-refractivity contribution >= 4 is 21.9 Å². The summed E-state index contributed by atoms with van der Waals surface area (Å²) < 4.78 is 9.94. The van der Waals surface area contributed by atoms with Gasteiger partial charge in [0.2, 0.25) is 0 Å². The third kappa shape index (κ3) is 4.10. The number of hydrogen-bond acceptors (Lipinski definition) is 6. The van der Waals surface area contributed by atoms with Crippen molar-refractivity contribution < 1.29 is 9.84 Å². The van der Waals surface area contributed by atoms with Gasteiger partial charge >= 0.3 is 0 Å². The van der Waals surface area contributed by atoms with E-state index in [0.29, 0.717) is 5.92 Å². The van der Waals surface area contributed by atoms with Gasteiger partial charge in [-0.3, -0.25) is 9.97 Å². The van der Waals surface area contributed by atoms with E-state index < -0.39 is 5.60 Å². The SMILES string of the molecule is Cc1nnn(C)c1-c1cnc2c3ccc(C(C)(C)O)cc3n([C@H](c3ccccn3)C3CCOCC3)c2c1. The number of pyridine rings is 2. The minimum atomic E-state index is -0.968. The average molecular weight is 497 g/mol. The number of aromatic nitrogens is 6. The molecule has 1 N–H and O–H groups in total. The van der Waals surface area contributed by atoms with Gasteiger partial charge in [-0.15, -0.1) is 5.10 Å². The molecule has 1 fully saturated rings. The van der Waals surface area contributed by atoms with Crippen molar-refractivity contribution in [3.8, 4) is 11.3 Å². The van der Waals surface area contributed by atoms with Gasteiger partial charge in [-0.25, -0.2) is 4.68 Å². The Hall–Kier alpha value is -3.62. The number of nitrogens with zero attached hydrogens (tertiary/aromatic N) is 6. The second-order valence-corrected chi connectivity index (χ2v) is 10.5. The van der Waals surface area contributed by atoms with Crippen LogP contribution in [0.5, 0.6) is 0 Å². The van der Waals surface area contributed by atoms with Crippen LogP contribution in [-0.4, -0.2) is 47.8 Å². The van der Waals surface area contributed by atoms with Crippen molar-refractivity contribution in [3.63, 3.8) is 0 Å². The first-order chi connectivity index (χ1) is 17.8. The maximum Gasteiger partial charge on any atom is 0.0960 e. The first-order valence-electron chi connectivity index (χ1n) is 12.8. The topological polar surface area (TPSA) is 90.9 Å². The molecular formula is C29H32N6O2. The van der Waals surface area contributed by atoms with E-state index in [1.807, 2.05) is 52.3 Å². The molecular weight excluding hydrogens is 464 g/mol. The lowest BCUT2D eigenvalue weighted by Crippen LogP contribution is -2.27. The number of aryl methyl sites for hydroxylation is 2. The van der Waals surface area contributed by atoms with Gasteiger partial charge in [-0.2, -0.15) is 0 Å². The van der Waals surface area contributed by atoms with Crippen LogP contribution in [0.2, 0.25) is 0 Å². The fourth-order valence-corrected chi connectivity index (χ4v) is 5.74. The van der Waals surface area contributed by atoms with Crippen LogP contribution in [0.4, 0.5) is 0 Å². The molecule has 1 aromatic carbocycles. The van der Waals surface area contributed by atoms with Crippen LogP contribution in [0.3, 0.4) is 0 Å². The number of fused-ring (bicyclic) bond motifs is 3. The molecule has 1 saturated heterocycles. The molecule has 0 bridgehead atoms. The average Bonchev–Trinajstić information content (AvgIpc) is 3.40. The third-order valence-corrected chi connectivity index (χ3v) is 7.60. The van der Waals surface area contributed by atoms with Gasteiger partial charge < -0.3 is 14.4 Å². The van der Waals surface area contributed by atoms with Crippen LogP contribution >= 0.6 is 0 Å². The second-order valence-electron chi connectivity index (χ2n) is 10.5. The molecule has 0 unspecified atom stereocenters. The van der Waals surface area contributed by atoms with Gasteiger partial charge in [0.25, 0.3) is 0 Å². The van der Waals surface area contributed by atoms with E-state index >= 15 is 0 Å². The number of benzene rings is 1. The lowest BCUT2D eigenvalue weighted by molar-refractivity contribution is 0.0547. The normalized spacial score (nSPS) is 16.0. The van der Waals surface area contributed by atoms with Crippen molar-refractivity contribution in [2.45, 2.75) is 45.3 Å². The number of aliphatic hydroxyl groups is 1. The van der Waals surface area contributed by atoms with Crippen molar-refractivity contribution in [3.05, 3.63) is 71.8 Å². The first kappa shape index (κ1) is 23.8. The molecule has 0 aliphatic carbocycles. The summed E-state index contributed by atoms with van der Waals surface area (Å²) in [5, 5.41) is 20.4. The summed E-state index contributed by atoms with van der Waals surface area (Å²) in [6.07, 6.45) is 5.68. The van der Waals surface area contributed by atoms with Crippen molar-refractivity contribution in [1.82, 2.24) is 29.5 Å². The zero-order valence-electron chi connectivity index (χ0n) is 21.7. The molecule has 0 radical (unpaired) electrons. The maximum atomic E-state index is 10.9. The highest BCUT2D eigenvalue weighted by Crippen LogP contribution is 2.41. The second kappa shape index (κ2) is 9.04. The summed E-state index contributed by atoms with van der Waals surface area (Å²) in [4.78, 5) is 9.82. The predicted molar refractivity (Wildman–Crippen MR) is 143 cm³/mol. The molecule has 1 aliphatic heterocycles. The Bertz CT molecular complexity index is 1560. The van der Waals surface area contributed by atoms with Crippen LogP contribution in [-0.2, 0) is 17.4 Å². The number of rotatable bonds is 5. The molecule has 0 spiro atoms. The van der Waals surface area contributed by atoms with Crippen LogP contribution < -0.4 is 0 Å². The lowest BCUT2D eigenvalue weighted by atomic mass is 9.88. The largest absolute Gasteiger partial charge is 0.386 e. The smallest absolute Gasteiger partial charge is 0.0960 e. The van der Waals surface area contributed by atoms with E-state index in [1.54, 1.807) is 4.68 Å². The van der Waals surface area contributed by atoms with Crippen molar-refractivity contribution in [2.24, 2.45) is 13.0 Å². The predicted octanol–water partition coefficient (Wildman–Crippen LogP) is 4.93. The lowest BCUT2D eigenvalue weighted by Gasteiger charge is -2.32. The summed E-state index contributed by atoms with van der Waals surface area (Å²) >= 11 is 0. The van der Waals surface area contributed by atoms with Crippen LogP contribution in [0, 0.1) is 12.8 Å². The summed E-state index contributed by atoms with van der Waals surface area (Å²) in [5.41, 5.74) is 6.70. The number of ether oxygens (including phenoxy) is 1. The van der Waals surface area contributed by atoms with E-state index in [2.05, 4.69) is 45.2 Å². The Morgan fingerprint density at radius 3 is 2.54 bits per heavy atom. The fourth-order valence-electron chi connectivity index (χ4n) is 5.74. The summed E-state index contributed by atoms with van der Waals surface area (Å²) in [7, 11) is 1.91. The zero-order valence-corrected chi connectivity index (χ0v) is 21.7. The molecule has 190 valence electrons. The minimum absolute atomic E-state index is 0.00929. The maximum absolute atomic E-state index is 10.9. The Morgan fingerprint density at radius 2 is 1.86 bits per heavy atom. The molecule has 5 aromatic rings. The molecule has 0 saturated carbocycles. The Morgan fingerprint density at radius 1 is 1.05 bits per heavy atom. The van der Waals surface area contributed by atoms with E-state index in [-0.39, 0.29) is 6.04 Å². The standard InChI is InChI=1S/C29H32N6O2/c1-18-27(34(4)33-32-18)20-15-25-26(31-17-20)22-9-8-21(29(2,3)36)16-24(22)35(25)28(19-10-13-37-14-11-19)23-7-5-6-12-30-23/h5-9,12,15-17,19,28,36H,10-11,13-14H2,1-4H3/t28-/m0/s1.